The lowest BCUT2D eigenvalue weighted by molar-refractivity contribution is 0.0972. The summed E-state index contributed by atoms with van der Waals surface area (Å²) in [4.78, 5) is 16.7. The van der Waals surface area contributed by atoms with Crippen LogP contribution in [-0.2, 0) is 6.42 Å². The lowest BCUT2D eigenvalue weighted by Crippen LogP contribution is -2.13. The summed E-state index contributed by atoms with van der Waals surface area (Å²) in [5, 5.41) is 1.12. The summed E-state index contributed by atoms with van der Waals surface area (Å²) in [5.41, 5.74) is 5.20. The number of carbonyl (C=O) groups is 1. The van der Waals surface area contributed by atoms with Gasteiger partial charge in [0.25, 0.3) is 0 Å². The van der Waals surface area contributed by atoms with Crippen LogP contribution in [0.2, 0.25) is 0 Å². The number of ketones is 1. The third-order valence-corrected chi connectivity index (χ3v) is 4.26. The Labute approximate surface area is 123 Å². The van der Waals surface area contributed by atoms with E-state index in [2.05, 4.69) is 40.7 Å². The smallest absolute Gasteiger partial charge is 0.164 e. The van der Waals surface area contributed by atoms with Crippen LogP contribution in [0.25, 0.3) is 16.6 Å². The Kier molecular flexibility index (Phi) is 2.67. The van der Waals surface area contributed by atoms with Gasteiger partial charge in [0, 0.05) is 35.0 Å². The second-order valence-electron chi connectivity index (χ2n) is 5.61. The highest BCUT2D eigenvalue weighted by molar-refractivity contribution is 5.99. The molecule has 21 heavy (non-hydrogen) atoms. The van der Waals surface area contributed by atoms with E-state index in [1.54, 1.807) is 0 Å². The normalized spacial score (nSPS) is 14.4. The summed E-state index contributed by atoms with van der Waals surface area (Å²) in [7, 11) is 0. The molecule has 0 amide bonds. The third-order valence-electron chi connectivity index (χ3n) is 4.26. The molecule has 1 aromatic carbocycles. The predicted molar refractivity (Wildman–Crippen MR) is 83.1 cm³/mol. The van der Waals surface area contributed by atoms with Crippen molar-refractivity contribution in [2.24, 2.45) is 0 Å². The molecule has 3 heteroatoms. The first-order valence-corrected chi connectivity index (χ1v) is 7.34. The van der Waals surface area contributed by atoms with Gasteiger partial charge in [0.1, 0.15) is 0 Å². The number of hydrogen-bond acceptors (Lipinski definition) is 2. The summed E-state index contributed by atoms with van der Waals surface area (Å²) in [6.07, 6.45) is 4.39. The molecule has 2 aromatic heterocycles. The standard InChI is InChI=1S/C18H16N2O/c1-12-11-14-15(7-3-9-17(14)21)20(12)16-8-2-5-13-6-4-10-19-18(13)16/h2,4-6,8,10-11H,3,7,9H2,1H3. The first-order valence-electron chi connectivity index (χ1n) is 7.34. The molecule has 0 radical (unpaired) electrons. The topological polar surface area (TPSA) is 34.9 Å². The average molecular weight is 276 g/mol. The van der Waals surface area contributed by atoms with Gasteiger partial charge in [-0.3, -0.25) is 9.78 Å². The number of aryl methyl sites for hydroxylation is 1. The molecule has 0 N–H and O–H groups in total. The van der Waals surface area contributed by atoms with Gasteiger partial charge in [-0.2, -0.15) is 0 Å². The van der Waals surface area contributed by atoms with Crippen molar-refractivity contribution in [2.45, 2.75) is 26.2 Å². The molecule has 3 aromatic rings. The molecule has 0 saturated heterocycles. The zero-order chi connectivity index (χ0) is 14.4. The maximum absolute atomic E-state index is 12.1. The molecule has 0 saturated carbocycles. The van der Waals surface area contributed by atoms with Gasteiger partial charge in [0.2, 0.25) is 0 Å². The van der Waals surface area contributed by atoms with Crippen LogP contribution in [-0.4, -0.2) is 15.3 Å². The SMILES string of the molecule is Cc1cc2c(n1-c1cccc3cccnc13)CCCC2=O. The van der Waals surface area contributed by atoms with Gasteiger partial charge in [0.05, 0.1) is 11.2 Å². The van der Waals surface area contributed by atoms with E-state index in [1.807, 2.05) is 18.3 Å². The highest BCUT2D eigenvalue weighted by Crippen LogP contribution is 2.30. The van der Waals surface area contributed by atoms with E-state index in [-0.39, 0.29) is 5.78 Å². The van der Waals surface area contributed by atoms with Gasteiger partial charge >= 0.3 is 0 Å². The Hall–Kier alpha value is -2.42. The fourth-order valence-corrected chi connectivity index (χ4v) is 3.33. The molecule has 0 aliphatic heterocycles. The maximum Gasteiger partial charge on any atom is 0.164 e. The predicted octanol–water partition coefficient (Wildman–Crippen LogP) is 3.85. The van der Waals surface area contributed by atoms with Crippen LogP contribution in [0, 0.1) is 6.92 Å². The van der Waals surface area contributed by atoms with Gasteiger partial charge in [-0.25, -0.2) is 0 Å². The monoisotopic (exact) mass is 276 g/mol. The first kappa shape index (κ1) is 12.3. The lowest BCUT2D eigenvalue weighted by Gasteiger charge is -2.17. The van der Waals surface area contributed by atoms with E-state index in [0.717, 1.165) is 46.4 Å². The van der Waals surface area contributed by atoms with E-state index in [9.17, 15) is 4.79 Å². The molecule has 1 aliphatic carbocycles. The van der Waals surface area contributed by atoms with E-state index >= 15 is 0 Å². The zero-order valence-electron chi connectivity index (χ0n) is 12.0. The zero-order valence-corrected chi connectivity index (χ0v) is 12.0. The molecule has 1 aliphatic rings. The van der Waals surface area contributed by atoms with E-state index < -0.39 is 0 Å². The van der Waals surface area contributed by atoms with Crippen LogP contribution >= 0.6 is 0 Å². The van der Waals surface area contributed by atoms with Gasteiger partial charge in [-0.15, -0.1) is 0 Å². The van der Waals surface area contributed by atoms with Gasteiger partial charge in [-0.1, -0.05) is 18.2 Å². The number of carbonyl (C=O) groups excluding carboxylic acids is 1. The Balaban J connectivity index is 2.04. The quantitative estimate of drug-likeness (QED) is 0.676. The fraction of sp³-hybridized carbons (Fsp3) is 0.222. The number of Topliss-reactive ketones (excluding diaryl/α,β-unsaturated/α-hetero) is 1. The second kappa shape index (κ2) is 4.55. The summed E-state index contributed by atoms with van der Waals surface area (Å²) in [6.45, 7) is 2.06. The number of para-hydroxylation sites is 1. The van der Waals surface area contributed by atoms with Gasteiger partial charge in [-0.05, 0) is 38.0 Å². The molecule has 4 rings (SSSR count). The third kappa shape index (κ3) is 1.81. The van der Waals surface area contributed by atoms with Crippen molar-refractivity contribution >= 4 is 16.7 Å². The number of hydrogen-bond donors (Lipinski definition) is 0. The molecule has 0 fully saturated rings. The van der Waals surface area contributed by atoms with Gasteiger partial charge in [0.15, 0.2) is 5.78 Å². The van der Waals surface area contributed by atoms with Gasteiger partial charge < -0.3 is 4.57 Å². The molecule has 0 bridgehead atoms. The molecule has 104 valence electrons. The Bertz CT molecular complexity index is 856. The molecule has 3 nitrogen and oxygen atoms in total. The van der Waals surface area contributed by atoms with E-state index in [4.69, 9.17) is 0 Å². The molecule has 0 spiro atoms. The number of aromatic nitrogens is 2. The minimum absolute atomic E-state index is 0.270. The number of fused-ring (bicyclic) bond motifs is 2. The van der Waals surface area contributed by atoms with Crippen LogP contribution in [0.15, 0.2) is 42.6 Å². The van der Waals surface area contributed by atoms with Crippen LogP contribution in [0.4, 0.5) is 0 Å². The van der Waals surface area contributed by atoms with Crippen molar-refractivity contribution in [3.05, 3.63) is 59.5 Å². The largest absolute Gasteiger partial charge is 0.315 e. The van der Waals surface area contributed by atoms with Crippen LogP contribution in [0.5, 0.6) is 0 Å². The van der Waals surface area contributed by atoms with Crippen LogP contribution < -0.4 is 0 Å². The number of nitrogens with zero attached hydrogens (tertiary/aromatic N) is 2. The summed E-state index contributed by atoms with van der Waals surface area (Å²) >= 11 is 0. The van der Waals surface area contributed by atoms with Crippen molar-refractivity contribution in [1.82, 2.24) is 9.55 Å². The van der Waals surface area contributed by atoms with Crippen molar-refractivity contribution < 1.29 is 4.79 Å². The lowest BCUT2D eigenvalue weighted by atomic mass is 9.96. The highest BCUT2D eigenvalue weighted by Gasteiger charge is 2.23. The average Bonchev–Trinajstić information content (AvgIpc) is 2.84. The minimum atomic E-state index is 0.270. The molecular formula is C18H16N2O. The second-order valence-corrected chi connectivity index (χ2v) is 5.61. The van der Waals surface area contributed by atoms with Crippen molar-refractivity contribution in [3.63, 3.8) is 0 Å². The number of pyridine rings is 1. The van der Waals surface area contributed by atoms with Crippen molar-refractivity contribution in [3.8, 4) is 5.69 Å². The summed E-state index contributed by atoms with van der Waals surface area (Å²) in [6, 6.07) is 12.3. The van der Waals surface area contributed by atoms with Crippen molar-refractivity contribution in [2.75, 3.05) is 0 Å². The Morgan fingerprint density at radius 3 is 2.90 bits per heavy atom. The highest BCUT2D eigenvalue weighted by atomic mass is 16.1. The number of benzene rings is 1. The van der Waals surface area contributed by atoms with E-state index in [0.29, 0.717) is 6.42 Å². The first-order chi connectivity index (χ1) is 10.3. The minimum Gasteiger partial charge on any atom is -0.315 e. The Morgan fingerprint density at radius 1 is 1.14 bits per heavy atom. The Morgan fingerprint density at radius 2 is 2.00 bits per heavy atom. The van der Waals surface area contributed by atoms with E-state index in [1.165, 1.54) is 0 Å². The van der Waals surface area contributed by atoms with Crippen molar-refractivity contribution in [1.29, 1.82) is 0 Å². The summed E-state index contributed by atoms with van der Waals surface area (Å²) in [5.74, 6) is 0.270. The molecule has 0 atom stereocenters. The molecule has 2 heterocycles. The number of rotatable bonds is 1. The fourth-order valence-electron chi connectivity index (χ4n) is 3.33. The van der Waals surface area contributed by atoms with Crippen LogP contribution in [0.3, 0.4) is 0 Å². The molecule has 0 unspecified atom stereocenters. The van der Waals surface area contributed by atoms with Crippen LogP contribution in [0.1, 0.15) is 34.6 Å². The molecular weight excluding hydrogens is 260 g/mol. The summed E-state index contributed by atoms with van der Waals surface area (Å²) < 4.78 is 2.21. The maximum atomic E-state index is 12.1.